The largest absolute Gasteiger partial charge is 0.480 e. The number of carbonyl (C=O) groups is 2. The number of hydrogen-bond acceptors (Lipinski definition) is 3. The number of rotatable bonds is 4. The first-order valence-corrected chi connectivity index (χ1v) is 6.36. The molecule has 1 heterocycles. The van der Waals surface area contributed by atoms with E-state index < -0.39 is 11.5 Å². The second kappa shape index (κ2) is 4.97. The quantitative estimate of drug-likeness (QED) is 0.898. The van der Waals surface area contributed by atoms with Crippen LogP contribution in [0.15, 0.2) is 15.2 Å². The van der Waals surface area contributed by atoms with Gasteiger partial charge >= 0.3 is 5.97 Å². The van der Waals surface area contributed by atoms with Gasteiger partial charge in [-0.2, -0.15) is 0 Å². The summed E-state index contributed by atoms with van der Waals surface area (Å²) in [6.07, 6.45) is 0.333. The molecule has 0 aliphatic carbocycles. The minimum atomic E-state index is -1.22. The van der Waals surface area contributed by atoms with E-state index in [0.717, 1.165) is 3.79 Å². The number of carbonyl (C=O) groups excluding carboxylic acids is 1. The Morgan fingerprint density at radius 1 is 1.62 bits per heavy atom. The summed E-state index contributed by atoms with van der Waals surface area (Å²) in [5.74, 6) is -1.40. The van der Waals surface area contributed by atoms with Gasteiger partial charge in [-0.25, -0.2) is 4.79 Å². The monoisotopic (exact) mass is 305 g/mol. The third-order valence-corrected chi connectivity index (χ3v) is 3.90. The lowest BCUT2D eigenvalue weighted by molar-refractivity contribution is -0.143. The molecule has 0 aliphatic rings. The predicted octanol–water partition coefficient (Wildman–Crippen LogP) is 2.49. The van der Waals surface area contributed by atoms with E-state index >= 15 is 0 Å². The molecule has 0 aromatic carbocycles. The number of aliphatic carboxylic acids is 1. The fourth-order valence-electron chi connectivity index (χ4n) is 1.04. The molecule has 0 aliphatic heterocycles. The first kappa shape index (κ1) is 13.2. The zero-order chi connectivity index (χ0) is 12.3. The zero-order valence-corrected chi connectivity index (χ0v) is 11.3. The highest BCUT2D eigenvalue weighted by atomic mass is 79.9. The molecular weight excluding hydrogens is 294 g/mol. The van der Waals surface area contributed by atoms with Crippen LogP contribution in [-0.2, 0) is 4.79 Å². The first-order chi connectivity index (χ1) is 7.39. The van der Waals surface area contributed by atoms with Crippen LogP contribution in [0.2, 0.25) is 0 Å². The summed E-state index contributed by atoms with van der Waals surface area (Å²) in [6.45, 7) is 3.21. The maximum atomic E-state index is 11.7. The fourth-order valence-corrected chi connectivity index (χ4v) is 2.18. The molecule has 16 heavy (non-hydrogen) atoms. The van der Waals surface area contributed by atoms with E-state index in [2.05, 4.69) is 21.2 Å². The highest BCUT2D eigenvalue weighted by molar-refractivity contribution is 9.11. The number of carboxylic acid groups (broad SMARTS) is 1. The normalized spacial score (nSPS) is 14.2. The van der Waals surface area contributed by atoms with Crippen molar-refractivity contribution in [2.45, 2.75) is 25.8 Å². The van der Waals surface area contributed by atoms with Gasteiger partial charge in [-0.1, -0.05) is 6.92 Å². The van der Waals surface area contributed by atoms with E-state index in [1.807, 2.05) is 0 Å². The van der Waals surface area contributed by atoms with Crippen molar-refractivity contribution >= 4 is 39.1 Å². The van der Waals surface area contributed by atoms with Crippen molar-refractivity contribution < 1.29 is 14.7 Å². The van der Waals surface area contributed by atoms with Crippen molar-refractivity contribution in [1.29, 1.82) is 0 Å². The summed E-state index contributed by atoms with van der Waals surface area (Å²) in [6, 6.07) is 1.66. The number of nitrogens with one attached hydrogen (secondary N) is 1. The summed E-state index contributed by atoms with van der Waals surface area (Å²) in [4.78, 5) is 22.8. The second-order valence-corrected chi connectivity index (χ2v) is 5.87. The summed E-state index contributed by atoms with van der Waals surface area (Å²) in [5.41, 5.74) is -0.747. The standard InChI is InChI=1S/C10H12BrNO3S/c1-3-10(2,9(14)15)12-8(13)6-4-7(11)16-5-6/h4-5H,3H2,1-2H3,(H,12,13)(H,14,15). The van der Waals surface area contributed by atoms with Gasteiger partial charge in [-0.15, -0.1) is 11.3 Å². The Labute approximate surface area is 106 Å². The average Bonchev–Trinajstić information content (AvgIpc) is 2.64. The molecule has 1 aromatic heterocycles. The Morgan fingerprint density at radius 3 is 2.62 bits per heavy atom. The van der Waals surface area contributed by atoms with Crippen molar-refractivity contribution in [1.82, 2.24) is 5.32 Å². The van der Waals surface area contributed by atoms with E-state index in [-0.39, 0.29) is 5.91 Å². The molecule has 1 atom stereocenters. The predicted molar refractivity (Wildman–Crippen MR) is 65.8 cm³/mol. The molecule has 6 heteroatoms. The van der Waals surface area contributed by atoms with Gasteiger partial charge in [0, 0.05) is 5.38 Å². The third kappa shape index (κ3) is 2.82. The van der Waals surface area contributed by atoms with E-state index in [4.69, 9.17) is 5.11 Å². The van der Waals surface area contributed by atoms with Crippen LogP contribution in [-0.4, -0.2) is 22.5 Å². The molecule has 0 spiro atoms. The lowest BCUT2D eigenvalue weighted by Gasteiger charge is -2.24. The maximum absolute atomic E-state index is 11.7. The summed E-state index contributed by atoms with van der Waals surface area (Å²) in [7, 11) is 0. The van der Waals surface area contributed by atoms with Gasteiger partial charge in [0.15, 0.2) is 0 Å². The summed E-state index contributed by atoms with van der Waals surface area (Å²) >= 11 is 4.63. The number of hydrogen-bond donors (Lipinski definition) is 2. The van der Waals surface area contributed by atoms with Crippen LogP contribution < -0.4 is 5.32 Å². The molecule has 88 valence electrons. The molecule has 0 bridgehead atoms. The van der Waals surface area contributed by atoms with Gasteiger partial charge in [0.2, 0.25) is 0 Å². The summed E-state index contributed by atoms with van der Waals surface area (Å²) in [5, 5.41) is 13.2. The van der Waals surface area contributed by atoms with E-state index in [1.165, 1.54) is 18.3 Å². The Bertz CT molecular complexity index is 418. The van der Waals surface area contributed by atoms with E-state index in [9.17, 15) is 9.59 Å². The average molecular weight is 306 g/mol. The maximum Gasteiger partial charge on any atom is 0.329 e. The molecule has 1 unspecified atom stereocenters. The van der Waals surface area contributed by atoms with Crippen LogP contribution in [0.4, 0.5) is 0 Å². The van der Waals surface area contributed by atoms with Gasteiger partial charge < -0.3 is 10.4 Å². The molecular formula is C10H12BrNO3S. The molecule has 1 rings (SSSR count). The zero-order valence-electron chi connectivity index (χ0n) is 8.91. The lowest BCUT2D eigenvalue weighted by Crippen LogP contribution is -2.51. The molecule has 1 amide bonds. The van der Waals surface area contributed by atoms with Gasteiger partial charge in [0.25, 0.3) is 5.91 Å². The number of amides is 1. The van der Waals surface area contributed by atoms with Crippen LogP contribution >= 0.6 is 27.3 Å². The third-order valence-electron chi connectivity index (χ3n) is 2.40. The number of thiophene rings is 1. The number of carboxylic acids is 1. The lowest BCUT2D eigenvalue weighted by atomic mass is 9.99. The van der Waals surface area contributed by atoms with Gasteiger partial charge in [-0.05, 0) is 35.3 Å². The molecule has 0 saturated carbocycles. The molecule has 1 aromatic rings. The smallest absolute Gasteiger partial charge is 0.329 e. The van der Waals surface area contributed by atoms with Crippen LogP contribution in [0.25, 0.3) is 0 Å². The van der Waals surface area contributed by atoms with Crippen LogP contribution in [0, 0.1) is 0 Å². The summed E-state index contributed by atoms with van der Waals surface area (Å²) < 4.78 is 0.839. The highest BCUT2D eigenvalue weighted by Crippen LogP contribution is 2.21. The Balaban J connectivity index is 2.81. The molecule has 2 N–H and O–H groups in total. The van der Waals surface area contributed by atoms with Crippen LogP contribution in [0.1, 0.15) is 30.6 Å². The van der Waals surface area contributed by atoms with E-state index in [1.54, 1.807) is 18.4 Å². The van der Waals surface area contributed by atoms with Gasteiger partial charge in [-0.3, -0.25) is 4.79 Å². The minimum absolute atomic E-state index is 0.333. The second-order valence-electron chi connectivity index (χ2n) is 3.58. The highest BCUT2D eigenvalue weighted by Gasteiger charge is 2.33. The van der Waals surface area contributed by atoms with Crippen molar-refractivity contribution in [3.63, 3.8) is 0 Å². The van der Waals surface area contributed by atoms with Gasteiger partial charge in [0.1, 0.15) is 5.54 Å². The minimum Gasteiger partial charge on any atom is -0.480 e. The number of halogens is 1. The van der Waals surface area contributed by atoms with Crippen LogP contribution in [0.3, 0.4) is 0 Å². The fraction of sp³-hybridized carbons (Fsp3) is 0.400. The molecule has 4 nitrogen and oxygen atoms in total. The Kier molecular flexibility index (Phi) is 4.09. The molecule has 0 radical (unpaired) electrons. The Morgan fingerprint density at radius 2 is 2.25 bits per heavy atom. The van der Waals surface area contributed by atoms with Crippen molar-refractivity contribution in [3.05, 3.63) is 20.8 Å². The van der Waals surface area contributed by atoms with Crippen molar-refractivity contribution in [3.8, 4) is 0 Å². The van der Waals surface area contributed by atoms with Crippen molar-refractivity contribution in [2.24, 2.45) is 0 Å². The SMILES string of the molecule is CCC(C)(NC(=O)c1csc(Br)c1)C(=O)O. The Hall–Kier alpha value is -0.880. The molecule has 0 fully saturated rings. The van der Waals surface area contributed by atoms with Crippen LogP contribution in [0.5, 0.6) is 0 Å². The topological polar surface area (TPSA) is 66.4 Å². The molecule has 0 saturated heterocycles. The first-order valence-electron chi connectivity index (χ1n) is 4.69. The van der Waals surface area contributed by atoms with Crippen molar-refractivity contribution in [2.75, 3.05) is 0 Å². The van der Waals surface area contributed by atoms with E-state index in [0.29, 0.717) is 12.0 Å². The van der Waals surface area contributed by atoms with Gasteiger partial charge in [0.05, 0.1) is 9.35 Å².